The molecule has 2 aromatic heterocycles. The average Bonchev–Trinajstić information content (AvgIpc) is 2.84. The van der Waals surface area contributed by atoms with E-state index in [4.69, 9.17) is 0 Å². The Morgan fingerprint density at radius 1 is 1.38 bits per heavy atom. The van der Waals surface area contributed by atoms with Crippen LogP contribution in [0.4, 0.5) is 13.2 Å². The molecule has 0 saturated carbocycles. The predicted octanol–water partition coefficient (Wildman–Crippen LogP) is 2.77. The Balaban J connectivity index is 2.64. The second-order valence-electron chi connectivity index (χ2n) is 4.20. The second-order valence-corrected chi connectivity index (χ2v) is 4.20. The van der Waals surface area contributed by atoms with Gasteiger partial charge in [-0.15, -0.1) is 0 Å². The highest BCUT2D eigenvalue weighted by Crippen LogP contribution is 2.34. The number of nitrogens with zero attached hydrogens (tertiary/aromatic N) is 3. The number of ether oxygens (including phenoxy) is 1. The molecule has 0 aromatic carbocycles. The monoisotopic (exact) mass is 299 g/mol. The molecule has 2 aromatic rings. The van der Waals surface area contributed by atoms with E-state index in [0.717, 1.165) is 6.20 Å². The molecule has 2 heterocycles. The molecule has 0 fully saturated rings. The van der Waals surface area contributed by atoms with E-state index in [1.807, 2.05) is 0 Å². The van der Waals surface area contributed by atoms with Crippen LogP contribution in [0.25, 0.3) is 5.69 Å². The molecule has 5 nitrogen and oxygen atoms in total. The number of carbonyl (C=O) groups excluding carboxylic acids is 1. The molecule has 0 saturated heterocycles. The van der Waals surface area contributed by atoms with Gasteiger partial charge in [0.15, 0.2) is 5.69 Å². The van der Waals surface area contributed by atoms with Crippen molar-refractivity contribution in [3.05, 3.63) is 41.5 Å². The van der Waals surface area contributed by atoms with E-state index in [9.17, 15) is 18.0 Å². The number of rotatable bonds is 3. The molecule has 2 rings (SSSR count). The number of aryl methyl sites for hydroxylation is 1. The molecule has 0 radical (unpaired) electrons. The van der Waals surface area contributed by atoms with Crippen molar-refractivity contribution in [1.82, 2.24) is 14.8 Å². The van der Waals surface area contributed by atoms with E-state index in [2.05, 4.69) is 14.8 Å². The molecule has 0 amide bonds. The highest BCUT2D eigenvalue weighted by atomic mass is 19.4. The fourth-order valence-corrected chi connectivity index (χ4v) is 1.84. The van der Waals surface area contributed by atoms with Crippen LogP contribution in [0.2, 0.25) is 0 Å². The minimum atomic E-state index is -4.75. The van der Waals surface area contributed by atoms with Crippen LogP contribution in [0.5, 0.6) is 0 Å². The maximum absolute atomic E-state index is 13.3. The Morgan fingerprint density at radius 3 is 2.67 bits per heavy atom. The lowest BCUT2D eigenvalue weighted by atomic mass is 10.2. The van der Waals surface area contributed by atoms with Crippen LogP contribution in [0.1, 0.15) is 28.5 Å². The fourth-order valence-electron chi connectivity index (χ4n) is 1.84. The Hall–Kier alpha value is -2.38. The van der Waals surface area contributed by atoms with Gasteiger partial charge in [0.05, 0.1) is 24.7 Å². The van der Waals surface area contributed by atoms with E-state index < -0.39 is 23.4 Å². The fraction of sp³-hybridized carbons (Fsp3) is 0.308. The van der Waals surface area contributed by atoms with Crippen molar-refractivity contribution in [3.8, 4) is 5.69 Å². The Morgan fingerprint density at radius 2 is 2.10 bits per heavy atom. The molecule has 0 bridgehead atoms. The van der Waals surface area contributed by atoms with Crippen LogP contribution < -0.4 is 0 Å². The van der Waals surface area contributed by atoms with E-state index in [-0.39, 0.29) is 12.3 Å². The van der Waals surface area contributed by atoms with Gasteiger partial charge in [-0.1, -0.05) is 0 Å². The lowest BCUT2D eigenvalue weighted by molar-refractivity contribution is -0.143. The van der Waals surface area contributed by atoms with E-state index in [0.29, 0.717) is 10.2 Å². The molecule has 0 unspecified atom stereocenters. The lowest BCUT2D eigenvalue weighted by Crippen LogP contribution is -2.19. The second kappa shape index (κ2) is 5.55. The third kappa shape index (κ3) is 2.88. The number of aromatic nitrogens is 3. The zero-order valence-electron chi connectivity index (χ0n) is 11.3. The number of alkyl halides is 3. The summed E-state index contributed by atoms with van der Waals surface area (Å²) >= 11 is 0. The summed E-state index contributed by atoms with van der Waals surface area (Å²) in [5, 5.41) is 3.67. The van der Waals surface area contributed by atoms with Gasteiger partial charge in [-0.05, 0) is 25.5 Å². The number of pyridine rings is 1. The average molecular weight is 299 g/mol. The molecule has 0 N–H and O–H groups in total. The quantitative estimate of drug-likeness (QED) is 0.818. The number of hydrogen-bond acceptors (Lipinski definition) is 4. The van der Waals surface area contributed by atoms with Crippen molar-refractivity contribution in [2.45, 2.75) is 20.0 Å². The van der Waals surface area contributed by atoms with Crippen LogP contribution in [0.15, 0.2) is 24.7 Å². The summed E-state index contributed by atoms with van der Waals surface area (Å²) in [6, 6.07) is 1.56. The summed E-state index contributed by atoms with van der Waals surface area (Å²) in [5.41, 5.74) is -1.08. The van der Waals surface area contributed by atoms with Crippen molar-refractivity contribution >= 4 is 5.97 Å². The molecule has 0 aliphatic rings. The molecule has 0 aliphatic heterocycles. The number of esters is 1. The van der Waals surface area contributed by atoms with Crippen molar-refractivity contribution in [2.24, 2.45) is 0 Å². The summed E-state index contributed by atoms with van der Waals surface area (Å²) in [4.78, 5) is 15.4. The number of hydrogen-bond donors (Lipinski definition) is 0. The first-order valence-electron chi connectivity index (χ1n) is 6.09. The summed E-state index contributed by atoms with van der Waals surface area (Å²) in [5.74, 6) is -1.06. The van der Waals surface area contributed by atoms with Crippen LogP contribution in [0, 0.1) is 6.92 Å². The first kappa shape index (κ1) is 15.0. The molecule has 112 valence electrons. The molecule has 0 spiro atoms. The van der Waals surface area contributed by atoms with Crippen molar-refractivity contribution < 1.29 is 22.7 Å². The smallest absolute Gasteiger partial charge is 0.434 e. The minimum Gasteiger partial charge on any atom is -0.462 e. The third-order valence-corrected chi connectivity index (χ3v) is 2.77. The van der Waals surface area contributed by atoms with Crippen LogP contribution >= 0.6 is 0 Å². The highest BCUT2D eigenvalue weighted by Gasteiger charge is 2.41. The van der Waals surface area contributed by atoms with Crippen LogP contribution in [-0.4, -0.2) is 27.3 Å². The molecule has 21 heavy (non-hydrogen) atoms. The van der Waals surface area contributed by atoms with Gasteiger partial charge in [0.2, 0.25) is 0 Å². The Bertz CT molecular complexity index is 665. The van der Waals surface area contributed by atoms with Gasteiger partial charge < -0.3 is 4.74 Å². The summed E-state index contributed by atoms with van der Waals surface area (Å²) in [6.07, 6.45) is -1.18. The first-order valence-corrected chi connectivity index (χ1v) is 6.09. The summed E-state index contributed by atoms with van der Waals surface area (Å²) < 4.78 is 45.1. The molecule has 8 heteroatoms. The SMILES string of the molecule is CCOC(=O)c1cnn(-c2cnccc2C)c1C(F)(F)F. The maximum atomic E-state index is 13.3. The van der Waals surface area contributed by atoms with Gasteiger partial charge >= 0.3 is 12.1 Å². The van der Waals surface area contributed by atoms with E-state index >= 15 is 0 Å². The van der Waals surface area contributed by atoms with Gasteiger partial charge in [0, 0.05) is 6.20 Å². The van der Waals surface area contributed by atoms with Gasteiger partial charge in [0.25, 0.3) is 0 Å². The maximum Gasteiger partial charge on any atom is 0.434 e. The van der Waals surface area contributed by atoms with Gasteiger partial charge in [0.1, 0.15) is 5.56 Å². The largest absolute Gasteiger partial charge is 0.462 e. The Kier molecular flexibility index (Phi) is 3.97. The first-order chi connectivity index (χ1) is 9.86. The van der Waals surface area contributed by atoms with Gasteiger partial charge in [-0.25, -0.2) is 9.48 Å². The molecule has 0 aliphatic carbocycles. The van der Waals surface area contributed by atoms with Gasteiger partial charge in [-0.3, -0.25) is 4.98 Å². The lowest BCUT2D eigenvalue weighted by Gasteiger charge is -2.13. The van der Waals surface area contributed by atoms with E-state index in [1.54, 1.807) is 13.0 Å². The molecular weight excluding hydrogens is 287 g/mol. The summed E-state index contributed by atoms with van der Waals surface area (Å²) in [6.45, 7) is 3.12. The normalized spacial score (nSPS) is 11.5. The van der Waals surface area contributed by atoms with Crippen LogP contribution in [0.3, 0.4) is 0 Å². The number of halogens is 3. The standard InChI is InChI=1S/C13H12F3N3O2/c1-3-21-12(20)9-6-18-19(11(9)13(14,15)16)10-7-17-5-4-8(10)2/h4-7H,3H2,1-2H3. The zero-order chi connectivity index (χ0) is 15.6. The summed E-state index contributed by atoms with van der Waals surface area (Å²) in [7, 11) is 0. The van der Waals surface area contributed by atoms with Crippen molar-refractivity contribution in [3.63, 3.8) is 0 Å². The van der Waals surface area contributed by atoms with Gasteiger partial charge in [-0.2, -0.15) is 18.3 Å². The third-order valence-electron chi connectivity index (χ3n) is 2.77. The number of carbonyl (C=O) groups is 1. The highest BCUT2D eigenvalue weighted by molar-refractivity contribution is 5.90. The van der Waals surface area contributed by atoms with E-state index in [1.165, 1.54) is 19.3 Å². The minimum absolute atomic E-state index is 0.0206. The zero-order valence-corrected chi connectivity index (χ0v) is 11.3. The predicted molar refractivity (Wildman–Crippen MR) is 67.1 cm³/mol. The van der Waals surface area contributed by atoms with Crippen molar-refractivity contribution in [2.75, 3.05) is 6.61 Å². The molecular formula is C13H12F3N3O2. The van der Waals surface area contributed by atoms with Crippen molar-refractivity contribution in [1.29, 1.82) is 0 Å². The van der Waals surface area contributed by atoms with Crippen LogP contribution in [-0.2, 0) is 10.9 Å². The topological polar surface area (TPSA) is 57.0 Å². The molecule has 0 atom stereocenters. The Labute approximate surface area is 118 Å².